The van der Waals surface area contributed by atoms with Gasteiger partial charge in [0.25, 0.3) is 0 Å². The molecule has 0 aliphatic rings. The van der Waals surface area contributed by atoms with Crippen molar-refractivity contribution in [3.8, 4) is 0 Å². The molecule has 0 spiro atoms. The second-order valence-corrected chi connectivity index (χ2v) is 9.22. The summed E-state index contributed by atoms with van der Waals surface area (Å²) in [6.45, 7) is 2.91. The molecule has 0 fully saturated rings. The lowest BCUT2D eigenvalue weighted by Crippen LogP contribution is -2.44. The van der Waals surface area contributed by atoms with E-state index in [-0.39, 0.29) is 37.3 Å². The van der Waals surface area contributed by atoms with Gasteiger partial charge in [0.2, 0.25) is 11.8 Å². The van der Waals surface area contributed by atoms with Crippen LogP contribution in [-0.2, 0) is 33.8 Å². The Morgan fingerprint density at radius 3 is 2.22 bits per heavy atom. The predicted octanol–water partition coefficient (Wildman–Crippen LogP) is 4.86. The second-order valence-electron chi connectivity index (χ2n) is 9.22. The number of nitrogens with one attached hydrogen (secondary N) is 1. The molecule has 37 heavy (non-hydrogen) atoms. The number of carbonyl (C=O) groups is 2. The SMILES string of the molecule is COCC(=O)N(CC(=O)N(CCc1c[nH]c2ccccc12)Cc1ccc(C)cc1)Cc1ccc(F)cc1. The van der Waals surface area contributed by atoms with Crippen LogP contribution in [0.25, 0.3) is 10.9 Å². The summed E-state index contributed by atoms with van der Waals surface area (Å²) < 4.78 is 18.4. The van der Waals surface area contributed by atoms with Crippen molar-refractivity contribution in [1.82, 2.24) is 14.8 Å². The number of hydrogen-bond donors (Lipinski definition) is 1. The molecule has 0 saturated heterocycles. The van der Waals surface area contributed by atoms with E-state index in [0.29, 0.717) is 19.5 Å². The average Bonchev–Trinajstić information content (AvgIpc) is 3.31. The third-order valence-electron chi connectivity index (χ3n) is 6.41. The molecule has 7 heteroatoms. The number of carbonyl (C=O) groups excluding carboxylic acids is 2. The minimum atomic E-state index is -0.351. The van der Waals surface area contributed by atoms with Crippen LogP contribution < -0.4 is 0 Å². The number of methoxy groups -OCH3 is 1. The van der Waals surface area contributed by atoms with Crippen molar-refractivity contribution < 1.29 is 18.7 Å². The zero-order valence-electron chi connectivity index (χ0n) is 21.2. The lowest BCUT2D eigenvalue weighted by Gasteiger charge is -2.28. The standard InChI is InChI=1S/C30H32FN3O3/c1-22-7-9-23(10-8-22)18-33(16-15-25-17-32-28-6-4-3-5-27(25)28)29(35)20-34(30(36)21-37-2)19-24-11-13-26(31)14-12-24/h3-14,17,32H,15-16,18-21H2,1-2H3. The minimum absolute atomic E-state index is 0.0979. The first-order valence-corrected chi connectivity index (χ1v) is 12.3. The number of amides is 2. The van der Waals surface area contributed by atoms with E-state index < -0.39 is 0 Å². The lowest BCUT2D eigenvalue weighted by atomic mass is 10.1. The van der Waals surface area contributed by atoms with Crippen molar-refractivity contribution in [2.24, 2.45) is 0 Å². The molecule has 6 nitrogen and oxygen atoms in total. The van der Waals surface area contributed by atoms with Crippen molar-refractivity contribution in [2.75, 3.05) is 26.8 Å². The topological polar surface area (TPSA) is 65.6 Å². The maximum Gasteiger partial charge on any atom is 0.249 e. The molecule has 3 aromatic carbocycles. The highest BCUT2D eigenvalue weighted by atomic mass is 19.1. The number of rotatable bonds is 11. The molecule has 0 aliphatic heterocycles. The Kier molecular flexibility index (Phi) is 8.69. The van der Waals surface area contributed by atoms with Crippen molar-refractivity contribution >= 4 is 22.7 Å². The largest absolute Gasteiger partial charge is 0.375 e. The molecular weight excluding hydrogens is 469 g/mol. The van der Waals surface area contributed by atoms with E-state index in [2.05, 4.69) is 11.1 Å². The molecule has 4 rings (SSSR count). The monoisotopic (exact) mass is 501 g/mol. The normalized spacial score (nSPS) is 11.0. The van der Waals surface area contributed by atoms with Crippen LogP contribution in [0, 0.1) is 12.7 Å². The molecule has 0 atom stereocenters. The zero-order valence-corrected chi connectivity index (χ0v) is 21.2. The highest BCUT2D eigenvalue weighted by molar-refractivity contribution is 5.86. The van der Waals surface area contributed by atoms with Crippen LogP contribution in [0.3, 0.4) is 0 Å². The molecule has 2 amide bonds. The predicted molar refractivity (Wildman–Crippen MR) is 142 cm³/mol. The number of para-hydroxylation sites is 1. The average molecular weight is 502 g/mol. The highest BCUT2D eigenvalue weighted by Crippen LogP contribution is 2.19. The Labute approximate surface area is 216 Å². The summed E-state index contributed by atoms with van der Waals surface area (Å²) in [4.78, 5) is 33.0. The summed E-state index contributed by atoms with van der Waals surface area (Å²) in [5.74, 6) is -0.810. The minimum Gasteiger partial charge on any atom is -0.375 e. The molecule has 1 N–H and O–H groups in total. The molecule has 0 bridgehead atoms. The molecule has 0 unspecified atom stereocenters. The number of hydrogen-bond acceptors (Lipinski definition) is 3. The molecular formula is C30H32FN3O3. The van der Waals surface area contributed by atoms with Gasteiger partial charge in [-0.05, 0) is 48.2 Å². The molecule has 1 aromatic heterocycles. The summed E-state index contributed by atoms with van der Waals surface area (Å²) in [6, 6.07) is 22.1. The number of nitrogens with zero attached hydrogens (tertiary/aromatic N) is 2. The first-order chi connectivity index (χ1) is 17.9. The fraction of sp³-hybridized carbons (Fsp3) is 0.267. The van der Waals surface area contributed by atoms with Gasteiger partial charge in [-0.15, -0.1) is 0 Å². The van der Waals surface area contributed by atoms with E-state index in [1.807, 2.05) is 55.6 Å². The van der Waals surface area contributed by atoms with Crippen LogP contribution in [0.1, 0.15) is 22.3 Å². The Balaban J connectivity index is 1.53. The lowest BCUT2D eigenvalue weighted by molar-refractivity contribution is -0.143. The number of fused-ring (bicyclic) bond motifs is 1. The Morgan fingerprint density at radius 2 is 1.51 bits per heavy atom. The Morgan fingerprint density at radius 1 is 0.865 bits per heavy atom. The molecule has 0 saturated carbocycles. The smallest absolute Gasteiger partial charge is 0.249 e. The Hall–Kier alpha value is -3.97. The van der Waals surface area contributed by atoms with E-state index in [0.717, 1.165) is 33.2 Å². The van der Waals surface area contributed by atoms with Crippen LogP contribution in [0.4, 0.5) is 4.39 Å². The van der Waals surface area contributed by atoms with Gasteiger partial charge in [-0.1, -0.05) is 60.2 Å². The summed E-state index contributed by atoms with van der Waals surface area (Å²) in [5, 5.41) is 1.14. The number of H-pyrrole nitrogens is 1. The van der Waals surface area contributed by atoms with E-state index >= 15 is 0 Å². The second kappa shape index (κ2) is 12.3. The van der Waals surface area contributed by atoms with E-state index in [9.17, 15) is 14.0 Å². The number of ether oxygens (including phenoxy) is 1. The molecule has 4 aromatic rings. The van der Waals surface area contributed by atoms with E-state index in [1.54, 1.807) is 17.0 Å². The quantitative estimate of drug-likeness (QED) is 0.319. The summed E-state index contributed by atoms with van der Waals surface area (Å²) in [6.07, 6.45) is 2.66. The van der Waals surface area contributed by atoms with Crippen molar-refractivity contribution in [3.05, 3.63) is 107 Å². The molecule has 0 radical (unpaired) electrons. The summed E-state index contributed by atoms with van der Waals surface area (Å²) in [7, 11) is 1.45. The number of aromatic amines is 1. The van der Waals surface area contributed by atoms with Crippen molar-refractivity contribution in [1.29, 1.82) is 0 Å². The third-order valence-corrected chi connectivity index (χ3v) is 6.41. The van der Waals surface area contributed by atoms with Gasteiger partial charge in [-0.3, -0.25) is 9.59 Å². The fourth-order valence-corrected chi connectivity index (χ4v) is 4.32. The number of halogens is 1. The zero-order chi connectivity index (χ0) is 26.2. The van der Waals surface area contributed by atoms with E-state index in [1.165, 1.54) is 24.1 Å². The van der Waals surface area contributed by atoms with Crippen LogP contribution in [0.15, 0.2) is 79.0 Å². The van der Waals surface area contributed by atoms with E-state index in [4.69, 9.17) is 4.74 Å². The molecule has 1 heterocycles. The number of aryl methyl sites for hydroxylation is 1. The molecule has 192 valence electrons. The van der Waals surface area contributed by atoms with Gasteiger partial charge >= 0.3 is 0 Å². The fourth-order valence-electron chi connectivity index (χ4n) is 4.32. The van der Waals surface area contributed by atoms with Crippen LogP contribution in [0.5, 0.6) is 0 Å². The van der Waals surface area contributed by atoms with Gasteiger partial charge in [0.05, 0.1) is 0 Å². The van der Waals surface area contributed by atoms with Crippen molar-refractivity contribution in [3.63, 3.8) is 0 Å². The van der Waals surface area contributed by atoms with Gasteiger partial charge in [0.15, 0.2) is 0 Å². The third kappa shape index (κ3) is 7.05. The Bertz CT molecular complexity index is 1330. The van der Waals surface area contributed by atoms with Crippen LogP contribution >= 0.6 is 0 Å². The number of benzene rings is 3. The van der Waals surface area contributed by atoms with Gasteiger partial charge < -0.3 is 19.5 Å². The van der Waals surface area contributed by atoms with Gasteiger partial charge in [-0.2, -0.15) is 0 Å². The maximum atomic E-state index is 13.6. The van der Waals surface area contributed by atoms with Crippen molar-refractivity contribution in [2.45, 2.75) is 26.4 Å². The summed E-state index contributed by atoms with van der Waals surface area (Å²) in [5.41, 5.74) is 5.10. The first kappa shape index (κ1) is 26.1. The first-order valence-electron chi connectivity index (χ1n) is 12.3. The maximum absolute atomic E-state index is 13.6. The summed E-state index contributed by atoms with van der Waals surface area (Å²) >= 11 is 0. The van der Waals surface area contributed by atoms with Gasteiger partial charge in [-0.25, -0.2) is 4.39 Å². The van der Waals surface area contributed by atoms with Gasteiger partial charge in [0, 0.05) is 43.8 Å². The van der Waals surface area contributed by atoms with Crippen LogP contribution in [-0.4, -0.2) is 53.4 Å². The van der Waals surface area contributed by atoms with Crippen LogP contribution in [0.2, 0.25) is 0 Å². The molecule has 0 aliphatic carbocycles. The number of aromatic nitrogens is 1. The van der Waals surface area contributed by atoms with Gasteiger partial charge in [0.1, 0.15) is 19.0 Å². The highest BCUT2D eigenvalue weighted by Gasteiger charge is 2.22.